The maximum absolute atomic E-state index is 10.3. The van der Waals surface area contributed by atoms with E-state index >= 15 is 0 Å². The molecule has 0 fully saturated rings. The molecule has 0 atom stereocenters. The third kappa shape index (κ3) is 2.08. The van der Waals surface area contributed by atoms with Crippen LogP contribution >= 0.6 is 0 Å². The fraction of sp³-hybridized carbons (Fsp3) is 0.167. The molecule has 0 bridgehead atoms. The molecule has 0 heterocycles. The molecule has 0 aliphatic carbocycles. The Morgan fingerprint density at radius 1 is 1.17 bits per heavy atom. The Morgan fingerprint density at radius 2 is 1.50 bits per heavy atom. The second kappa shape index (κ2) is 3.51. The number of primary amides is 1. The molecule has 0 aromatic rings. The van der Waals surface area contributed by atoms with Crippen molar-refractivity contribution in [3.8, 4) is 0 Å². The second-order valence-electron chi connectivity index (χ2n) is 2.00. The molecule has 0 spiro atoms. The molecule has 12 heavy (non-hydrogen) atoms. The summed E-state index contributed by atoms with van der Waals surface area (Å²) in [6.07, 6.45) is 0. The van der Waals surface area contributed by atoms with E-state index in [2.05, 4.69) is 12.3 Å². The summed E-state index contributed by atoms with van der Waals surface area (Å²) in [5.41, 5.74) is 4.00. The number of hydrogen-bond donors (Lipinski definition) is 3. The first kappa shape index (κ1) is 10.2. The van der Waals surface area contributed by atoms with Gasteiger partial charge in [-0.25, -0.2) is 0 Å². The predicted molar refractivity (Wildman–Crippen MR) is 37.1 cm³/mol. The van der Waals surface area contributed by atoms with Gasteiger partial charge in [0.1, 0.15) is 0 Å². The van der Waals surface area contributed by atoms with E-state index in [1.165, 1.54) is 0 Å². The van der Waals surface area contributed by atoms with Gasteiger partial charge in [-0.15, -0.1) is 0 Å². The molecule has 0 aliphatic rings. The van der Waals surface area contributed by atoms with Gasteiger partial charge in [0.05, 0.1) is 0 Å². The van der Waals surface area contributed by atoms with Gasteiger partial charge in [0.25, 0.3) is 0 Å². The molecule has 0 saturated heterocycles. The molecule has 6 nitrogen and oxygen atoms in total. The lowest BCUT2D eigenvalue weighted by molar-refractivity contribution is -0.153. The van der Waals surface area contributed by atoms with Gasteiger partial charge in [-0.2, -0.15) is 0 Å². The van der Waals surface area contributed by atoms with Crippen LogP contribution in [0.4, 0.5) is 0 Å². The zero-order chi connectivity index (χ0) is 9.89. The first-order valence-corrected chi connectivity index (χ1v) is 2.82. The Labute approximate surface area is 67.3 Å². The summed E-state index contributed by atoms with van der Waals surface area (Å²) in [6.45, 7) is 2.96. The minimum absolute atomic E-state index is 0.644. The van der Waals surface area contributed by atoms with Gasteiger partial charge in [0.2, 0.25) is 5.91 Å². The van der Waals surface area contributed by atoms with Crippen molar-refractivity contribution in [2.45, 2.75) is 0 Å². The highest BCUT2D eigenvalue weighted by molar-refractivity contribution is 6.07. The number of rotatable bonds is 4. The Kier molecular flexibility index (Phi) is 2.97. The Morgan fingerprint density at radius 3 is 1.58 bits per heavy atom. The summed E-state index contributed by atoms with van der Waals surface area (Å²) >= 11 is 0. The number of carbonyl (C=O) groups is 3. The zero-order valence-corrected chi connectivity index (χ0v) is 5.98. The van der Waals surface area contributed by atoms with Crippen LogP contribution in [0.25, 0.3) is 0 Å². The molecule has 66 valence electrons. The van der Waals surface area contributed by atoms with Crippen LogP contribution in [0.15, 0.2) is 12.2 Å². The molecular weight excluding hydrogens is 166 g/mol. The van der Waals surface area contributed by atoms with Crippen LogP contribution in [0, 0.1) is 5.92 Å². The number of aliphatic carboxylic acids is 2. The van der Waals surface area contributed by atoms with Gasteiger partial charge in [-0.3, -0.25) is 14.4 Å². The SMILES string of the molecule is C=C(C(N)=O)C(C(=O)O)C(=O)O. The van der Waals surface area contributed by atoms with E-state index in [4.69, 9.17) is 10.2 Å². The highest BCUT2D eigenvalue weighted by Gasteiger charge is 2.31. The van der Waals surface area contributed by atoms with E-state index in [1.54, 1.807) is 0 Å². The first-order valence-electron chi connectivity index (χ1n) is 2.82. The summed E-state index contributed by atoms with van der Waals surface area (Å²) in [6, 6.07) is 0. The molecular formula is C6H7NO5. The van der Waals surface area contributed by atoms with Gasteiger partial charge in [-0.05, 0) is 0 Å². The van der Waals surface area contributed by atoms with Crippen molar-refractivity contribution in [1.82, 2.24) is 0 Å². The maximum atomic E-state index is 10.3. The topological polar surface area (TPSA) is 118 Å². The van der Waals surface area contributed by atoms with Crippen molar-refractivity contribution in [3.63, 3.8) is 0 Å². The van der Waals surface area contributed by atoms with Gasteiger partial charge in [-0.1, -0.05) is 6.58 Å². The van der Waals surface area contributed by atoms with E-state index in [9.17, 15) is 14.4 Å². The fourth-order valence-electron chi connectivity index (χ4n) is 0.546. The number of nitrogens with two attached hydrogens (primary N) is 1. The van der Waals surface area contributed by atoms with Crippen molar-refractivity contribution in [3.05, 3.63) is 12.2 Å². The molecule has 0 unspecified atom stereocenters. The van der Waals surface area contributed by atoms with Crippen LogP contribution in [-0.2, 0) is 14.4 Å². The van der Waals surface area contributed by atoms with Crippen molar-refractivity contribution < 1.29 is 24.6 Å². The highest BCUT2D eigenvalue weighted by atomic mass is 16.4. The minimum atomic E-state index is -1.96. The number of hydrogen-bond acceptors (Lipinski definition) is 3. The number of carbonyl (C=O) groups excluding carboxylic acids is 1. The van der Waals surface area contributed by atoms with E-state index in [-0.39, 0.29) is 0 Å². The normalized spacial score (nSPS) is 9.42. The fourth-order valence-corrected chi connectivity index (χ4v) is 0.546. The zero-order valence-electron chi connectivity index (χ0n) is 5.98. The van der Waals surface area contributed by atoms with Gasteiger partial charge >= 0.3 is 11.9 Å². The second-order valence-corrected chi connectivity index (χ2v) is 2.00. The summed E-state index contributed by atoms with van der Waals surface area (Å²) < 4.78 is 0. The van der Waals surface area contributed by atoms with Crippen LogP contribution in [-0.4, -0.2) is 28.1 Å². The van der Waals surface area contributed by atoms with Gasteiger partial charge < -0.3 is 15.9 Å². The monoisotopic (exact) mass is 173 g/mol. The third-order valence-corrected chi connectivity index (χ3v) is 1.16. The summed E-state index contributed by atoms with van der Waals surface area (Å²) in [4.78, 5) is 30.8. The number of carboxylic acids is 2. The Bertz CT molecular complexity index is 243. The number of amides is 1. The standard InChI is InChI=1S/C6H7NO5/c1-2(4(7)8)3(5(9)10)6(11)12/h3H,1H2,(H2,7,8)(H,9,10)(H,11,12). The van der Waals surface area contributed by atoms with Crippen molar-refractivity contribution in [1.29, 1.82) is 0 Å². The summed E-state index contributed by atoms with van der Waals surface area (Å²) in [7, 11) is 0. The Balaban J connectivity index is 4.76. The molecule has 0 aromatic heterocycles. The predicted octanol–water partition coefficient (Wildman–Crippen LogP) is -1.19. The van der Waals surface area contributed by atoms with E-state index < -0.39 is 29.3 Å². The molecule has 0 aromatic carbocycles. The highest BCUT2D eigenvalue weighted by Crippen LogP contribution is 2.08. The quantitative estimate of drug-likeness (QED) is 0.365. The lowest BCUT2D eigenvalue weighted by Crippen LogP contribution is -2.31. The van der Waals surface area contributed by atoms with Crippen molar-refractivity contribution in [2.24, 2.45) is 11.7 Å². The van der Waals surface area contributed by atoms with Crippen LogP contribution in [0.1, 0.15) is 0 Å². The average molecular weight is 173 g/mol. The first-order chi connectivity index (χ1) is 5.37. The van der Waals surface area contributed by atoms with Crippen LogP contribution < -0.4 is 5.73 Å². The average Bonchev–Trinajstić information content (AvgIpc) is 1.85. The smallest absolute Gasteiger partial charge is 0.322 e. The van der Waals surface area contributed by atoms with Crippen LogP contribution in [0.3, 0.4) is 0 Å². The van der Waals surface area contributed by atoms with Crippen molar-refractivity contribution in [2.75, 3.05) is 0 Å². The molecule has 1 amide bonds. The van der Waals surface area contributed by atoms with Gasteiger partial charge in [0, 0.05) is 5.57 Å². The summed E-state index contributed by atoms with van der Waals surface area (Å²) in [5, 5.41) is 16.6. The van der Waals surface area contributed by atoms with Gasteiger partial charge in [0.15, 0.2) is 5.92 Å². The maximum Gasteiger partial charge on any atom is 0.322 e. The van der Waals surface area contributed by atoms with E-state index in [0.29, 0.717) is 0 Å². The molecule has 0 radical (unpaired) electrons. The minimum Gasteiger partial charge on any atom is -0.480 e. The Hall–Kier alpha value is -1.85. The van der Waals surface area contributed by atoms with Crippen LogP contribution in [0.5, 0.6) is 0 Å². The molecule has 6 heteroatoms. The molecule has 0 aliphatic heterocycles. The van der Waals surface area contributed by atoms with E-state index in [0.717, 1.165) is 0 Å². The van der Waals surface area contributed by atoms with Crippen molar-refractivity contribution >= 4 is 17.8 Å². The third-order valence-electron chi connectivity index (χ3n) is 1.16. The summed E-state index contributed by atoms with van der Waals surface area (Å²) in [5.74, 6) is -6.41. The largest absolute Gasteiger partial charge is 0.480 e. The lowest BCUT2D eigenvalue weighted by atomic mass is 10.0. The van der Waals surface area contributed by atoms with E-state index in [1.807, 2.05) is 0 Å². The molecule has 0 rings (SSSR count). The molecule has 4 N–H and O–H groups in total. The van der Waals surface area contributed by atoms with Crippen LogP contribution in [0.2, 0.25) is 0 Å². The molecule has 0 saturated carbocycles. The number of carboxylic acid groups (broad SMARTS) is 2. The lowest BCUT2D eigenvalue weighted by Gasteiger charge is -2.06.